The van der Waals surface area contributed by atoms with Gasteiger partial charge in [0, 0.05) is 0 Å². The van der Waals surface area contributed by atoms with E-state index >= 15 is 0 Å². The highest BCUT2D eigenvalue weighted by molar-refractivity contribution is 5.98. The predicted octanol–water partition coefficient (Wildman–Crippen LogP) is 0.665. The van der Waals surface area contributed by atoms with Crippen LogP contribution in [0.4, 0.5) is 0 Å². The Balaban J connectivity index is 1.86. The molecular weight excluding hydrogens is 234 g/mol. The molecule has 2 aliphatic heterocycles. The molecule has 0 unspecified atom stereocenters. The lowest BCUT2D eigenvalue weighted by molar-refractivity contribution is -0.0670. The van der Waals surface area contributed by atoms with Gasteiger partial charge in [0.15, 0.2) is 11.5 Å². The third-order valence-corrected chi connectivity index (χ3v) is 3.15. The van der Waals surface area contributed by atoms with Crippen molar-refractivity contribution in [2.75, 3.05) is 26.3 Å². The molecule has 1 aromatic carbocycles. The number of aliphatic hydroxyl groups is 1. The summed E-state index contributed by atoms with van der Waals surface area (Å²) in [5.41, 5.74) is -0.260. The van der Waals surface area contributed by atoms with Crippen molar-refractivity contribution in [2.24, 2.45) is 0 Å². The standard InChI is InChI=1S/C13H15NO4/c1-13(16)7-14(8-13)12(15)9-3-2-4-10-11(9)18-6-5-17-10/h2-4,16H,5-8H2,1H3. The predicted molar refractivity (Wildman–Crippen MR) is 64.0 cm³/mol. The Kier molecular flexibility index (Phi) is 2.45. The highest BCUT2D eigenvalue weighted by Gasteiger charge is 2.40. The molecule has 96 valence electrons. The second kappa shape index (κ2) is 3.88. The lowest BCUT2D eigenvalue weighted by Gasteiger charge is -2.44. The van der Waals surface area contributed by atoms with Gasteiger partial charge in [-0.1, -0.05) is 6.07 Å². The van der Waals surface area contributed by atoms with Crippen LogP contribution in [-0.4, -0.2) is 47.8 Å². The van der Waals surface area contributed by atoms with E-state index in [9.17, 15) is 9.90 Å². The lowest BCUT2D eigenvalue weighted by Crippen LogP contribution is -2.61. The van der Waals surface area contributed by atoms with E-state index in [1.54, 1.807) is 30.0 Å². The van der Waals surface area contributed by atoms with Gasteiger partial charge in [-0.2, -0.15) is 0 Å². The van der Waals surface area contributed by atoms with Crippen molar-refractivity contribution in [3.63, 3.8) is 0 Å². The molecular formula is C13H15NO4. The molecule has 0 spiro atoms. The molecule has 1 N–H and O–H groups in total. The molecule has 0 radical (unpaired) electrons. The zero-order chi connectivity index (χ0) is 12.8. The molecule has 2 heterocycles. The molecule has 1 amide bonds. The van der Waals surface area contributed by atoms with Gasteiger partial charge in [-0.15, -0.1) is 0 Å². The highest BCUT2D eigenvalue weighted by Crippen LogP contribution is 2.35. The van der Waals surface area contributed by atoms with Crippen molar-refractivity contribution >= 4 is 5.91 Å². The van der Waals surface area contributed by atoms with Gasteiger partial charge in [0.25, 0.3) is 5.91 Å². The second-order valence-corrected chi connectivity index (χ2v) is 4.99. The van der Waals surface area contributed by atoms with E-state index in [-0.39, 0.29) is 5.91 Å². The number of carbonyl (C=O) groups is 1. The lowest BCUT2D eigenvalue weighted by atomic mass is 9.95. The third-order valence-electron chi connectivity index (χ3n) is 3.15. The number of fused-ring (bicyclic) bond motifs is 1. The number of para-hydroxylation sites is 1. The maximum Gasteiger partial charge on any atom is 0.257 e. The van der Waals surface area contributed by atoms with E-state index < -0.39 is 5.60 Å². The number of β-amino-alcohol motifs (C(OH)–C–C–N with tert-alkyl or cyclic N) is 1. The molecule has 5 nitrogen and oxygen atoms in total. The highest BCUT2D eigenvalue weighted by atomic mass is 16.6. The molecule has 1 aromatic rings. The molecule has 2 aliphatic rings. The maximum absolute atomic E-state index is 12.3. The summed E-state index contributed by atoms with van der Waals surface area (Å²) in [6.07, 6.45) is 0. The van der Waals surface area contributed by atoms with Crippen molar-refractivity contribution in [3.8, 4) is 11.5 Å². The number of hydrogen-bond acceptors (Lipinski definition) is 4. The molecule has 0 aromatic heterocycles. The average Bonchev–Trinajstić information content (AvgIpc) is 2.34. The zero-order valence-corrected chi connectivity index (χ0v) is 10.2. The SMILES string of the molecule is CC1(O)CN(C(=O)c2cccc3c2OCCO3)C1. The van der Waals surface area contributed by atoms with Crippen LogP contribution in [0.2, 0.25) is 0 Å². The third kappa shape index (κ3) is 1.80. The van der Waals surface area contributed by atoms with Gasteiger partial charge in [-0.3, -0.25) is 4.79 Å². The zero-order valence-electron chi connectivity index (χ0n) is 10.2. The summed E-state index contributed by atoms with van der Waals surface area (Å²) in [6, 6.07) is 5.29. The van der Waals surface area contributed by atoms with Crippen molar-refractivity contribution in [1.82, 2.24) is 4.90 Å². The Hall–Kier alpha value is -1.75. The van der Waals surface area contributed by atoms with Gasteiger partial charge in [-0.05, 0) is 19.1 Å². The minimum absolute atomic E-state index is 0.121. The van der Waals surface area contributed by atoms with Crippen LogP contribution in [0.25, 0.3) is 0 Å². The number of ether oxygens (including phenoxy) is 2. The van der Waals surface area contributed by atoms with Crippen LogP contribution >= 0.6 is 0 Å². The second-order valence-electron chi connectivity index (χ2n) is 4.99. The van der Waals surface area contributed by atoms with Gasteiger partial charge in [0.05, 0.1) is 24.3 Å². The molecule has 0 aliphatic carbocycles. The van der Waals surface area contributed by atoms with Gasteiger partial charge in [0.2, 0.25) is 0 Å². The van der Waals surface area contributed by atoms with Gasteiger partial charge in [-0.25, -0.2) is 0 Å². The van der Waals surface area contributed by atoms with Crippen LogP contribution in [-0.2, 0) is 0 Å². The van der Waals surface area contributed by atoms with Crippen LogP contribution in [0, 0.1) is 0 Å². The fourth-order valence-corrected chi connectivity index (χ4v) is 2.33. The fraction of sp³-hybridized carbons (Fsp3) is 0.462. The van der Waals surface area contributed by atoms with Crippen molar-refractivity contribution in [3.05, 3.63) is 23.8 Å². The quantitative estimate of drug-likeness (QED) is 0.794. The van der Waals surface area contributed by atoms with E-state index in [0.29, 0.717) is 43.4 Å². The number of nitrogens with zero attached hydrogens (tertiary/aromatic N) is 1. The summed E-state index contributed by atoms with van der Waals surface area (Å²) >= 11 is 0. The Morgan fingerprint density at radius 2 is 2.06 bits per heavy atom. The number of rotatable bonds is 1. The minimum Gasteiger partial charge on any atom is -0.486 e. The van der Waals surface area contributed by atoms with E-state index in [2.05, 4.69) is 0 Å². The van der Waals surface area contributed by atoms with Crippen molar-refractivity contribution < 1.29 is 19.4 Å². The number of hydrogen-bond donors (Lipinski definition) is 1. The van der Waals surface area contributed by atoms with Crippen LogP contribution in [0.3, 0.4) is 0 Å². The first-order valence-corrected chi connectivity index (χ1v) is 5.97. The van der Waals surface area contributed by atoms with Crippen molar-refractivity contribution in [1.29, 1.82) is 0 Å². The van der Waals surface area contributed by atoms with E-state index in [0.717, 1.165) is 0 Å². The van der Waals surface area contributed by atoms with E-state index in [4.69, 9.17) is 9.47 Å². The number of carbonyl (C=O) groups excluding carboxylic acids is 1. The summed E-state index contributed by atoms with van der Waals surface area (Å²) in [4.78, 5) is 13.9. The Morgan fingerprint density at radius 3 is 2.78 bits per heavy atom. The summed E-state index contributed by atoms with van der Waals surface area (Å²) < 4.78 is 11.0. The average molecular weight is 249 g/mol. The number of benzene rings is 1. The summed E-state index contributed by atoms with van der Waals surface area (Å²) in [6.45, 7) is 3.39. The minimum atomic E-state index is -0.762. The monoisotopic (exact) mass is 249 g/mol. The normalized spacial score (nSPS) is 20.2. The largest absolute Gasteiger partial charge is 0.486 e. The van der Waals surface area contributed by atoms with E-state index in [1.807, 2.05) is 0 Å². The smallest absolute Gasteiger partial charge is 0.257 e. The van der Waals surface area contributed by atoms with Crippen LogP contribution in [0.15, 0.2) is 18.2 Å². The number of likely N-dealkylation sites (tertiary alicyclic amines) is 1. The first-order chi connectivity index (χ1) is 8.57. The summed E-state index contributed by atoms with van der Waals surface area (Å²) in [5, 5.41) is 9.67. The molecule has 5 heteroatoms. The Labute approximate surface area is 105 Å². The molecule has 3 rings (SSSR count). The Bertz CT molecular complexity index is 490. The number of amides is 1. The van der Waals surface area contributed by atoms with Gasteiger partial charge >= 0.3 is 0 Å². The Morgan fingerprint density at radius 1 is 1.33 bits per heavy atom. The van der Waals surface area contributed by atoms with E-state index in [1.165, 1.54) is 0 Å². The first-order valence-electron chi connectivity index (χ1n) is 5.97. The fourth-order valence-electron chi connectivity index (χ4n) is 2.33. The molecule has 0 saturated carbocycles. The van der Waals surface area contributed by atoms with Crippen LogP contribution in [0.5, 0.6) is 11.5 Å². The van der Waals surface area contributed by atoms with Crippen LogP contribution < -0.4 is 9.47 Å². The maximum atomic E-state index is 12.3. The molecule has 1 fully saturated rings. The summed E-state index contributed by atoms with van der Waals surface area (Å²) in [5.74, 6) is 1.00. The van der Waals surface area contributed by atoms with Gasteiger partial charge in [0.1, 0.15) is 13.2 Å². The van der Waals surface area contributed by atoms with Crippen LogP contribution in [0.1, 0.15) is 17.3 Å². The molecule has 1 saturated heterocycles. The molecule has 0 atom stereocenters. The first kappa shape index (κ1) is 11.3. The summed E-state index contributed by atoms with van der Waals surface area (Å²) in [7, 11) is 0. The van der Waals surface area contributed by atoms with Gasteiger partial charge < -0.3 is 19.5 Å². The topological polar surface area (TPSA) is 59.0 Å². The molecule has 0 bridgehead atoms. The van der Waals surface area contributed by atoms with Crippen molar-refractivity contribution in [2.45, 2.75) is 12.5 Å². The molecule has 18 heavy (non-hydrogen) atoms.